The number of anilines is 1. The van der Waals surface area contributed by atoms with Gasteiger partial charge in [-0.3, -0.25) is 9.20 Å². The molecule has 0 N–H and O–H groups in total. The fourth-order valence-electron chi connectivity index (χ4n) is 4.07. The first-order chi connectivity index (χ1) is 13.6. The highest BCUT2D eigenvalue weighted by Gasteiger charge is 2.22. The molecule has 2 aromatic heterocycles. The van der Waals surface area contributed by atoms with Gasteiger partial charge in [-0.2, -0.15) is 0 Å². The molecule has 1 aliphatic carbocycles. The first-order valence-electron chi connectivity index (χ1n) is 9.83. The van der Waals surface area contributed by atoms with E-state index in [1.165, 1.54) is 11.3 Å². The lowest BCUT2D eigenvalue weighted by Crippen LogP contribution is -2.44. The van der Waals surface area contributed by atoms with E-state index in [-0.39, 0.29) is 5.78 Å². The molecule has 0 saturated carbocycles. The van der Waals surface area contributed by atoms with E-state index < -0.39 is 0 Å². The average Bonchev–Trinajstić information content (AvgIpc) is 3.22. The number of benzene rings is 1. The van der Waals surface area contributed by atoms with Crippen molar-refractivity contribution in [3.05, 3.63) is 52.3 Å². The zero-order valence-corrected chi connectivity index (χ0v) is 17.1. The van der Waals surface area contributed by atoms with Crippen LogP contribution in [0.25, 0.3) is 16.6 Å². The number of rotatable bonds is 2. The van der Waals surface area contributed by atoms with E-state index in [1.54, 1.807) is 11.3 Å². The molecule has 0 spiro atoms. The van der Waals surface area contributed by atoms with Gasteiger partial charge in [-0.25, -0.2) is 4.98 Å². The minimum atomic E-state index is 0.181. The van der Waals surface area contributed by atoms with Crippen LogP contribution in [0.3, 0.4) is 0 Å². The number of imidazole rings is 1. The number of allylic oxidation sites excluding steroid dienone is 1. The van der Waals surface area contributed by atoms with Gasteiger partial charge in [-0.15, -0.1) is 11.3 Å². The summed E-state index contributed by atoms with van der Waals surface area (Å²) in [5, 5.41) is 2.09. The van der Waals surface area contributed by atoms with E-state index in [2.05, 4.69) is 51.8 Å². The van der Waals surface area contributed by atoms with Crippen LogP contribution in [0.5, 0.6) is 0 Å². The van der Waals surface area contributed by atoms with Crippen LogP contribution in [0.1, 0.15) is 28.9 Å². The second kappa shape index (κ2) is 6.87. The predicted octanol–water partition coefficient (Wildman–Crippen LogP) is 3.51. The van der Waals surface area contributed by atoms with Gasteiger partial charge in [0.05, 0.1) is 5.69 Å². The standard InChI is InChI=1S/C22H24N4OS/c1-15-14-28-22-23-20(13-26(15)22)19-12-17-3-5-18(11-16(17)4-6-21(19)27)25-9-7-24(2)8-10-25/h3,5,11-14H,4,6-10H2,1-2H3. The highest BCUT2D eigenvalue weighted by molar-refractivity contribution is 7.15. The summed E-state index contributed by atoms with van der Waals surface area (Å²) in [5.74, 6) is 0.181. The Morgan fingerprint density at radius 2 is 1.93 bits per heavy atom. The van der Waals surface area contributed by atoms with E-state index in [1.807, 2.05) is 12.3 Å². The van der Waals surface area contributed by atoms with Crippen molar-refractivity contribution >= 4 is 39.4 Å². The van der Waals surface area contributed by atoms with Gasteiger partial charge < -0.3 is 9.80 Å². The van der Waals surface area contributed by atoms with E-state index in [4.69, 9.17) is 4.98 Å². The summed E-state index contributed by atoms with van der Waals surface area (Å²) in [6, 6.07) is 6.65. The number of ketones is 1. The van der Waals surface area contributed by atoms with Crippen LogP contribution in [0.2, 0.25) is 0 Å². The molecule has 5 nitrogen and oxygen atoms in total. The van der Waals surface area contributed by atoms with E-state index in [0.717, 1.165) is 60.1 Å². The Hall–Kier alpha value is -2.44. The summed E-state index contributed by atoms with van der Waals surface area (Å²) in [6.07, 6.45) is 5.36. The van der Waals surface area contributed by atoms with Crippen LogP contribution in [-0.2, 0) is 11.2 Å². The molecule has 2 aliphatic rings. The third kappa shape index (κ3) is 3.06. The van der Waals surface area contributed by atoms with Gasteiger partial charge in [0.25, 0.3) is 0 Å². The van der Waals surface area contributed by atoms with Gasteiger partial charge in [0.15, 0.2) is 10.7 Å². The third-order valence-corrected chi connectivity index (χ3v) is 6.84. The summed E-state index contributed by atoms with van der Waals surface area (Å²) >= 11 is 1.61. The number of aromatic nitrogens is 2. The van der Waals surface area contributed by atoms with E-state index in [9.17, 15) is 4.79 Å². The Bertz CT molecular complexity index is 1090. The van der Waals surface area contributed by atoms with Crippen molar-refractivity contribution in [2.45, 2.75) is 19.8 Å². The molecule has 1 aromatic carbocycles. The Morgan fingerprint density at radius 1 is 1.11 bits per heavy atom. The lowest BCUT2D eigenvalue weighted by molar-refractivity contribution is -0.113. The molecule has 3 heterocycles. The molecule has 0 radical (unpaired) electrons. The molecule has 5 rings (SSSR count). The van der Waals surface area contributed by atoms with Crippen LogP contribution in [0, 0.1) is 6.92 Å². The topological polar surface area (TPSA) is 40.9 Å². The summed E-state index contributed by atoms with van der Waals surface area (Å²) in [7, 11) is 2.17. The maximum Gasteiger partial charge on any atom is 0.194 e. The van der Waals surface area contributed by atoms with Gasteiger partial charge in [0, 0.05) is 61.1 Å². The van der Waals surface area contributed by atoms with Crippen molar-refractivity contribution < 1.29 is 4.79 Å². The second-order valence-electron chi connectivity index (χ2n) is 7.81. The molecule has 6 heteroatoms. The Kier molecular flexibility index (Phi) is 4.33. The number of nitrogens with zero attached hydrogens (tertiary/aromatic N) is 4. The molecule has 0 unspecified atom stereocenters. The van der Waals surface area contributed by atoms with Crippen molar-refractivity contribution in [3.8, 4) is 0 Å². The Labute approximate surface area is 168 Å². The number of hydrogen-bond acceptors (Lipinski definition) is 5. The zero-order valence-electron chi connectivity index (χ0n) is 16.3. The Morgan fingerprint density at radius 3 is 2.71 bits per heavy atom. The summed E-state index contributed by atoms with van der Waals surface area (Å²) < 4.78 is 2.07. The van der Waals surface area contributed by atoms with Gasteiger partial charge in [0.2, 0.25) is 0 Å². The second-order valence-corrected chi connectivity index (χ2v) is 8.65. The van der Waals surface area contributed by atoms with E-state index in [0.29, 0.717) is 6.42 Å². The monoisotopic (exact) mass is 392 g/mol. The molecule has 1 aliphatic heterocycles. The van der Waals surface area contributed by atoms with E-state index >= 15 is 0 Å². The lowest BCUT2D eigenvalue weighted by atomic mass is 10.0. The molecule has 28 heavy (non-hydrogen) atoms. The Balaban J connectivity index is 1.50. The molecule has 0 atom stereocenters. The number of hydrogen-bond donors (Lipinski definition) is 0. The first kappa shape index (κ1) is 17.6. The van der Waals surface area contributed by atoms with Crippen molar-refractivity contribution in [1.82, 2.24) is 14.3 Å². The molecular weight excluding hydrogens is 368 g/mol. The summed E-state index contributed by atoms with van der Waals surface area (Å²) in [4.78, 5) is 23.3. The van der Waals surface area contributed by atoms with Gasteiger partial charge >= 0.3 is 0 Å². The number of Topliss-reactive ketones (excluding diaryl/α,β-unsaturated/α-hetero) is 1. The van der Waals surface area contributed by atoms with Crippen molar-refractivity contribution in [2.75, 3.05) is 38.1 Å². The maximum absolute atomic E-state index is 12.9. The molecule has 0 amide bonds. The van der Waals surface area contributed by atoms with Crippen molar-refractivity contribution in [2.24, 2.45) is 0 Å². The van der Waals surface area contributed by atoms with Crippen molar-refractivity contribution in [3.63, 3.8) is 0 Å². The number of likely N-dealkylation sites (N-methyl/N-ethyl adjacent to an activating group) is 1. The minimum Gasteiger partial charge on any atom is -0.369 e. The number of carbonyl (C=O) groups is 1. The number of piperazine rings is 1. The summed E-state index contributed by atoms with van der Waals surface area (Å²) in [5.41, 5.74) is 6.35. The number of carbonyl (C=O) groups excluding carboxylic acids is 1. The fourth-order valence-corrected chi connectivity index (χ4v) is 4.92. The highest BCUT2D eigenvalue weighted by Crippen LogP contribution is 2.31. The number of fused-ring (bicyclic) bond motifs is 2. The van der Waals surface area contributed by atoms with Crippen LogP contribution < -0.4 is 4.90 Å². The normalized spacial score (nSPS) is 18.3. The van der Waals surface area contributed by atoms with Crippen LogP contribution in [-0.4, -0.2) is 53.3 Å². The van der Waals surface area contributed by atoms with Crippen LogP contribution in [0.15, 0.2) is 29.8 Å². The lowest BCUT2D eigenvalue weighted by Gasteiger charge is -2.34. The maximum atomic E-state index is 12.9. The molecule has 3 aromatic rings. The van der Waals surface area contributed by atoms with Crippen molar-refractivity contribution in [1.29, 1.82) is 0 Å². The van der Waals surface area contributed by atoms with Crippen LogP contribution in [0.4, 0.5) is 5.69 Å². The minimum absolute atomic E-state index is 0.181. The van der Waals surface area contributed by atoms with Gasteiger partial charge in [-0.1, -0.05) is 6.07 Å². The molecule has 144 valence electrons. The number of aryl methyl sites for hydroxylation is 2. The third-order valence-electron chi connectivity index (χ3n) is 5.88. The quantitative estimate of drug-likeness (QED) is 0.669. The largest absolute Gasteiger partial charge is 0.369 e. The molecule has 1 fully saturated rings. The highest BCUT2D eigenvalue weighted by atomic mass is 32.1. The van der Waals surface area contributed by atoms with Crippen LogP contribution >= 0.6 is 11.3 Å². The zero-order chi connectivity index (χ0) is 19.3. The predicted molar refractivity (Wildman–Crippen MR) is 115 cm³/mol. The van der Waals surface area contributed by atoms with Gasteiger partial charge in [-0.05, 0) is 49.7 Å². The molecule has 0 bridgehead atoms. The smallest absolute Gasteiger partial charge is 0.194 e. The molecule has 1 saturated heterocycles. The average molecular weight is 393 g/mol. The van der Waals surface area contributed by atoms with Gasteiger partial charge in [0.1, 0.15) is 0 Å². The SMILES string of the molecule is Cc1csc2nc(C3=Cc4ccc(N5CCN(C)CC5)cc4CCC3=O)cn12. The molecular formula is C22H24N4OS. The first-order valence-corrected chi connectivity index (χ1v) is 10.7. The fraction of sp³-hybridized carbons (Fsp3) is 0.364. The summed E-state index contributed by atoms with van der Waals surface area (Å²) in [6.45, 7) is 6.36. The number of thiazole rings is 1.